The number of hydrazone groups is 1. The summed E-state index contributed by atoms with van der Waals surface area (Å²) in [4.78, 5) is 13.6. The second-order valence-electron chi connectivity index (χ2n) is 5.34. The summed E-state index contributed by atoms with van der Waals surface area (Å²) >= 11 is 0. The number of aromatic amines is 1. The minimum atomic E-state index is -0.599. The number of aryl methyl sites for hydroxylation is 1. The van der Waals surface area contributed by atoms with Crippen LogP contribution in [0.5, 0.6) is 0 Å². The first kappa shape index (κ1) is 15.7. The van der Waals surface area contributed by atoms with Gasteiger partial charge in [0.1, 0.15) is 0 Å². The summed E-state index contributed by atoms with van der Waals surface area (Å²) in [6.45, 7) is 0. The minimum Gasteiger partial charge on any atom is -0.294 e. The Labute approximate surface area is 139 Å². The Morgan fingerprint density at radius 1 is 1.12 bits per heavy atom. The van der Waals surface area contributed by atoms with Gasteiger partial charge in [-0.05, 0) is 29.1 Å². The number of hydrogen-bond acceptors (Lipinski definition) is 5. The van der Waals surface area contributed by atoms with E-state index >= 15 is 0 Å². The molecule has 0 unspecified atom stereocenters. The van der Waals surface area contributed by atoms with E-state index < -0.39 is 5.76 Å². The van der Waals surface area contributed by atoms with E-state index in [2.05, 4.69) is 31.9 Å². The van der Waals surface area contributed by atoms with E-state index in [0.717, 1.165) is 24.1 Å². The second-order valence-corrected chi connectivity index (χ2v) is 5.34. The number of benzene rings is 2. The van der Waals surface area contributed by atoms with Crippen LogP contribution in [0.15, 0.2) is 75.1 Å². The summed E-state index contributed by atoms with van der Waals surface area (Å²) in [6.07, 6.45) is 1.64. The molecule has 0 aliphatic rings. The van der Waals surface area contributed by atoms with Crippen LogP contribution in [0.2, 0.25) is 0 Å². The Balaban J connectivity index is 1.84. The molecule has 3 rings (SSSR count). The zero-order chi connectivity index (χ0) is 16.8. The number of rotatable bonds is 6. The van der Waals surface area contributed by atoms with Crippen molar-refractivity contribution in [2.45, 2.75) is 12.8 Å². The van der Waals surface area contributed by atoms with Crippen molar-refractivity contribution in [1.82, 2.24) is 10.1 Å². The number of aromatic nitrogens is 2. The van der Waals surface area contributed by atoms with E-state index in [-0.39, 0.29) is 5.95 Å². The molecule has 0 amide bonds. The van der Waals surface area contributed by atoms with Gasteiger partial charge in [0.05, 0.1) is 5.71 Å². The Hall–Kier alpha value is -3.15. The summed E-state index contributed by atoms with van der Waals surface area (Å²) in [6, 6.07) is 20.2. The molecule has 0 bridgehead atoms. The van der Waals surface area contributed by atoms with Crippen LogP contribution in [0, 0.1) is 0 Å². The molecule has 3 aromatic rings. The molecule has 0 aliphatic carbocycles. The first-order valence-corrected chi connectivity index (χ1v) is 7.69. The Bertz CT molecular complexity index is 853. The lowest BCUT2D eigenvalue weighted by Crippen LogP contribution is -2.16. The maximum atomic E-state index is 11.1. The van der Waals surface area contributed by atoms with Crippen LogP contribution in [-0.4, -0.2) is 22.9 Å². The molecule has 6 nitrogen and oxygen atoms in total. The molecule has 0 saturated carbocycles. The predicted molar refractivity (Wildman–Crippen MR) is 93.3 cm³/mol. The highest BCUT2D eigenvalue weighted by Crippen LogP contribution is 2.12. The third-order valence-electron chi connectivity index (χ3n) is 3.61. The van der Waals surface area contributed by atoms with E-state index in [1.165, 1.54) is 10.6 Å². The second kappa shape index (κ2) is 7.41. The van der Waals surface area contributed by atoms with Crippen LogP contribution in [0.1, 0.15) is 17.5 Å². The maximum absolute atomic E-state index is 11.1. The molecule has 0 radical (unpaired) electrons. The zero-order valence-electron chi connectivity index (χ0n) is 13.3. The Morgan fingerprint density at radius 2 is 1.79 bits per heavy atom. The van der Waals surface area contributed by atoms with Crippen LogP contribution in [0.4, 0.5) is 5.95 Å². The van der Waals surface area contributed by atoms with Crippen LogP contribution in [-0.2, 0) is 6.42 Å². The van der Waals surface area contributed by atoms with Gasteiger partial charge in [-0.2, -0.15) is 5.10 Å². The van der Waals surface area contributed by atoms with E-state index in [9.17, 15) is 4.79 Å². The number of nitrogens with one attached hydrogen (secondary N) is 1. The van der Waals surface area contributed by atoms with Gasteiger partial charge in [-0.25, -0.2) is 9.80 Å². The average molecular weight is 322 g/mol. The predicted octanol–water partition coefficient (Wildman–Crippen LogP) is 2.84. The highest BCUT2D eigenvalue weighted by Gasteiger charge is 2.10. The topological polar surface area (TPSA) is 74.5 Å². The lowest BCUT2D eigenvalue weighted by molar-refractivity contribution is 0.386. The van der Waals surface area contributed by atoms with Crippen molar-refractivity contribution >= 4 is 11.7 Å². The van der Waals surface area contributed by atoms with E-state index in [1.54, 1.807) is 7.05 Å². The van der Waals surface area contributed by atoms with Gasteiger partial charge in [-0.1, -0.05) is 60.7 Å². The number of H-pyrrole nitrogens is 1. The minimum absolute atomic E-state index is 0.271. The molecule has 24 heavy (non-hydrogen) atoms. The monoisotopic (exact) mass is 322 g/mol. The van der Waals surface area contributed by atoms with Crippen molar-refractivity contribution in [1.29, 1.82) is 0 Å². The fraction of sp³-hybridized carbons (Fsp3) is 0.167. The molecule has 0 fully saturated rings. The van der Waals surface area contributed by atoms with E-state index in [1.807, 2.05) is 48.5 Å². The maximum Gasteiger partial charge on any atom is 0.440 e. The highest BCUT2D eigenvalue weighted by molar-refractivity contribution is 6.01. The normalized spacial score (nSPS) is 11.5. The lowest BCUT2D eigenvalue weighted by Gasteiger charge is -2.13. The molecule has 0 saturated heterocycles. The van der Waals surface area contributed by atoms with Crippen molar-refractivity contribution in [3.8, 4) is 0 Å². The Kier molecular flexibility index (Phi) is 4.86. The number of hydrogen-bond donors (Lipinski definition) is 1. The van der Waals surface area contributed by atoms with Crippen LogP contribution in [0.3, 0.4) is 0 Å². The molecule has 6 heteroatoms. The summed E-state index contributed by atoms with van der Waals surface area (Å²) in [5.74, 6) is -0.328. The summed E-state index contributed by atoms with van der Waals surface area (Å²) < 4.78 is 4.53. The molecule has 0 aliphatic heterocycles. The SMILES string of the molecule is CN(/N=C(\CCc1ccccc1)c1ccccc1)c1noc(=O)[nH]1. The molecule has 1 N–H and O–H groups in total. The Morgan fingerprint density at radius 3 is 2.42 bits per heavy atom. The first-order valence-electron chi connectivity index (χ1n) is 7.69. The van der Waals surface area contributed by atoms with Gasteiger partial charge >= 0.3 is 5.76 Å². The molecule has 1 aromatic heterocycles. The van der Waals surface area contributed by atoms with Gasteiger partial charge in [0.25, 0.3) is 5.95 Å². The van der Waals surface area contributed by atoms with Gasteiger partial charge in [-0.15, -0.1) is 0 Å². The highest BCUT2D eigenvalue weighted by atomic mass is 16.5. The van der Waals surface area contributed by atoms with Crippen LogP contribution < -0.4 is 10.8 Å². The molecule has 2 aromatic carbocycles. The van der Waals surface area contributed by atoms with Crippen LogP contribution >= 0.6 is 0 Å². The molecule has 0 atom stereocenters. The average Bonchev–Trinajstić information content (AvgIpc) is 3.06. The largest absolute Gasteiger partial charge is 0.440 e. The molecular formula is C18H18N4O2. The molecule has 122 valence electrons. The molecular weight excluding hydrogens is 304 g/mol. The quantitative estimate of drug-likeness (QED) is 0.559. The van der Waals surface area contributed by atoms with E-state index in [4.69, 9.17) is 0 Å². The number of nitrogens with zero attached hydrogens (tertiary/aromatic N) is 3. The molecule has 1 heterocycles. The summed E-state index contributed by atoms with van der Waals surface area (Å²) in [5.41, 5.74) is 3.19. The fourth-order valence-corrected chi connectivity index (χ4v) is 2.38. The van der Waals surface area contributed by atoms with Gasteiger partial charge in [-0.3, -0.25) is 9.51 Å². The zero-order valence-corrected chi connectivity index (χ0v) is 13.3. The fourth-order valence-electron chi connectivity index (χ4n) is 2.38. The van der Waals surface area contributed by atoms with Crippen molar-refractivity contribution < 1.29 is 4.52 Å². The molecule has 0 spiro atoms. The van der Waals surface area contributed by atoms with Crippen molar-refractivity contribution in [3.05, 3.63) is 82.3 Å². The summed E-state index contributed by atoms with van der Waals surface area (Å²) in [5, 5.41) is 9.77. The van der Waals surface area contributed by atoms with Gasteiger partial charge in [0, 0.05) is 7.05 Å². The van der Waals surface area contributed by atoms with Gasteiger partial charge < -0.3 is 0 Å². The smallest absolute Gasteiger partial charge is 0.294 e. The van der Waals surface area contributed by atoms with Crippen molar-refractivity contribution in [3.63, 3.8) is 0 Å². The van der Waals surface area contributed by atoms with Gasteiger partial charge in [0.15, 0.2) is 0 Å². The first-order chi connectivity index (χ1) is 11.7. The lowest BCUT2D eigenvalue weighted by atomic mass is 10.0. The van der Waals surface area contributed by atoms with Crippen molar-refractivity contribution in [2.24, 2.45) is 5.10 Å². The van der Waals surface area contributed by atoms with Gasteiger partial charge in [0.2, 0.25) is 0 Å². The third kappa shape index (κ3) is 3.98. The number of anilines is 1. The van der Waals surface area contributed by atoms with Crippen LogP contribution in [0.25, 0.3) is 0 Å². The summed E-state index contributed by atoms with van der Waals surface area (Å²) in [7, 11) is 1.72. The third-order valence-corrected chi connectivity index (χ3v) is 3.61. The van der Waals surface area contributed by atoms with E-state index in [0.29, 0.717) is 0 Å². The standard InChI is InChI=1S/C18H18N4O2/c1-22(17-19-18(23)24-21-17)20-16(15-10-6-3-7-11-15)13-12-14-8-4-2-5-9-14/h2-11H,12-13H2,1H3,(H,19,21,23)/b20-16+. The van der Waals surface area contributed by atoms with Crippen molar-refractivity contribution in [2.75, 3.05) is 12.1 Å².